The van der Waals surface area contributed by atoms with Crippen LogP contribution in [0.3, 0.4) is 0 Å². The van der Waals surface area contributed by atoms with Gasteiger partial charge < -0.3 is 10.2 Å². The zero-order valence-electron chi connectivity index (χ0n) is 12.1. The van der Waals surface area contributed by atoms with Crippen molar-refractivity contribution in [2.45, 2.75) is 38.4 Å². The third-order valence-electron chi connectivity index (χ3n) is 3.37. The van der Waals surface area contributed by atoms with E-state index in [9.17, 15) is 22.8 Å². The van der Waals surface area contributed by atoms with Gasteiger partial charge in [-0.1, -0.05) is 6.07 Å². The fraction of sp³-hybridized carbons (Fsp3) is 0.467. The zero-order valence-corrected chi connectivity index (χ0v) is 12.1. The van der Waals surface area contributed by atoms with Crippen LogP contribution in [0.2, 0.25) is 0 Å². The number of carbonyl (C=O) groups is 2. The number of nitrogens with one attached hydrogen (secondary N) is 1. The largest absolute Gasteiger partial charge is 0.416 e. The molecule has 120 valence electrons. The van der Waals surface area contributed by atoms with Gasteiger partial charge in [0.1, 0.15) is 0 Å². The molecule has 1 aliphatic carbocycles. The topological polar surface area (TPSA) is 49.4 Å². The molecular weight excluding hydrogens is 297 g/mol. The number of anilines is 1. The number of rotatable bonds is 5. The van der Waals surface area contributed by atoms with Gasteiger partial charge >= 0.3 is 6.18 Å². The second-order valence-corrected chi connectivity index (χ2v) is 5.31. The first-order chi connectivity index (χ1) is 10.3. The predicted molar refractivity (Wildman–Crippen MR) is 75.3 cm³/mol. The number of carbonyl (C=O) groups excluding carboxylic acids is 2. The molecule has 0 unspecified atom stereocenters. The molecule has 4 nitrogen and oxygen atoms in total. The molecule has 2 rings (SSSR count). The summed E-state index contributed by atoms with van der Waals surface area (Å²) < 4.78 is 38.2. The minimum Gasteiger partial charge on any atom is -0.353 e. The monoisotopic (exact) mass is 314 g/mol. The van der Waals surface area contributed by atoms with Crippen molar-refractivity contribution in [3.63, 3.8) is 0 Å². The zero-order chi connectivity index (χ0) is 16.3. The van der Waals surface area contributed by atoms with Crippen molar-refractivity contribution >= 4 is 17.5 Å². The normalized spacial score (nSPS) is 14.5. The highest BCUT2D eigenvalue weighted by Crippen LogP contribution is 2.31. The standard InChI is InChI=1S/C15H17F3N2O2/c1-10(21)20(8-7-14(22)19-12-5-6-12)13-4-2-3-11(9-13)15(16,17)18/h2-4,9,12H,5-8H2,1H3,(H,19,22). The van der Waals surface area contributed by atoms with Crippen molar-refractivity contribution in [1.82, 2.24) is 5.32 Å². The number of hydrogen-bond donors (Lipinski definition) is 1. The molecule has 7 heteroatoms. The van der Waals surface area contributed by atoms with E-state index in [0.29, 0.717) is 0 Å². The molecule has 0 heterocycles. The summed E-state index contributed by atoms with van der Waals surface area (Å²) in [6.07, 6.45) is -2.50. The second-order valence-electron chi connectivity index (χ2n) is 5.31. The lowest BCUT2D eigenvalue weighted by Crippen LogP contribution is -2.34. The predicted octanol–water partition coefficient (Wildman–Crippen LogP) is 2.73. The van der Waals surface area contributed by atoms with Crippen molar-refractivity contribution in [3.05, 3.63) is 29.8 Å². The average Bonchev–Trinajstić information content (AvgIpc) is 3.22. The smallest absolute Gasteiger partial charge is 0.353 e. The van der Waals surface area contributed by atoms with Crippen LogP contribution in [0, 0.1) is 0 Å². The Labute approximate surface area is 126 Å². The summed E-state index contributed by atoms with van der Waals surface area (Å²) in [6, 6.07) is 4.75. The molecule has 1 N–H and O–H groups in total. The van der Waals surface area contributed by atoms with Crippen molar-refractivity contribution in [2.24, 2.45) is 0 Å². The minimum absolute atomic E-state index is 0.0508. The molecule has 22 heavy (non-hydrogen) atoms. The van der Waals surface area contributed by atoms with Gasteiger partial charge in [0.05, 0.1) is 5.56 Å². The van der Waals surface area contributed by atoms with E-state index in [0.717, 1.165) is 25.0 Å². The van der Waals surface area contributed by atoms with Crippen LogP contribution in [0.15, 0.2) is 24.3 Å². The number of benzene rings is 1. The maximum atomic E-state index is 12.7. The first kappa shape index (κ1) is 16.3. The quantitative estimate of drug-likeness (QED) is 0.908. The highest BCUT2D eigenvalue weighted by atomic mass is 19.4. The van der Waals surface area contributed by atoms with E-state index in [1.54, 1.807) is 0 Å². The van der Waals surface area contributed by atoms with Crippen molar-refractivity contribution in [1.29, 1.82) is 0 Å². The fourth-order valence-electron chi connectivity index (χ4n) is 2.06. The number of hydrogen-bond acceptors (Lipinski definition) is 2. The number of amides is 2. The van der Waals surface area contributed by atoms with Gasteiger partial charge in [0, 0.05) is 31.6 Å². The van der Waals surface area contributed by atoms with E-state index in [4.69, 9.17) is 0 Å². The molecule has 1 aromatic carbocycles. The lowest BCUT2D eigenvalue weighted by Gasteiger charge is -2.22. The Bertz CT molecular complexity index is 568. The Morgan fingerprint density at radius 2 is 2.00 bits per heavy atom. The molecule has 0 spiro atoms. The van der Waals surface area contributed by atoms with E-state index in [1.807, 2.05) is 0 Å². The van der Waals surface area contributed by atoms with Crippen LogP contribution in [-0.2, 0) is 15.8 Å². The lowest BCUT2D eigenvalue weighted by atomic mass is 10.1. The van der Waals surface area contributed by atoms with Crippen LogP contribution < -0.4 is 10.2 Å². The summed E-state index contributed by atoms with van der Waals surface area (Å²) in [5.41, 5.74) is -0.680. The highest BCUT2D eigenvalue weighted by Gasteiger charge is 2.31. The van der Waals surface area contributed by atoms with Crippen LogP contribution in [0.4, 0.5) is 18.9 Å². The van der Waals surface area contributed by atoms with E-state index >= 15 is 0 Å². The van der Waals surface area contributed by atoms with Crippen LogP contribution in [0.1, 0.15) is 31.7 Å². The Balaban J connectivity index is 2.06. The summed E-state index contributed by atoms with van der Waals surface area (Å²) >= 11 is 0. The fourth-order valence-corrected chi connectivity index (χ4v) is 2.06. The van der Waals surface area contributed by atoms with Crippen molar-refractivity contribution in [2.75, 3.05) is 11.4 Å². The summed E-state index contributed by atoms with van der Waals surface area (Å²) in [6.45, 7) is 1.31. The van der Waals surface area contributed by atoms with Gasteiger partial charge in [-0.3, -0.25) is 9.59 Å². The first-order valence-corrected chi connectivity index (χ1v) is 7.02. The third-order valence-corrected chi connectivity index (χ3v) is 3.37. The van der Waals surface area contributed by atoms with Gasteiger partial charge in [-0.25, -0.2) is 0 Å². The van der Waals surface area contributed by atoms with E-state index in [-0.39, 0.29) is 30.6 Å². The van der Waals surface area contributed by atoms with Crippen molar-refractivity contribution < 1.29 is 22.8 Å². The Kier molecular flexibility index (Phi) is 4.73. The molecule has 0 aromatic heterocycles. The highest BCUT2D eigenvalue weighted by molar-refractivity contribution is 5.92. The maximum absolute atomic E-state index is 12.7. The van der Waals surface area contributed by atoms with Gasteiger partial charge in [-0.15, -0.1) is 0 Å². The van der Waals surface area contributed by atoms with Gasteiger partial charge in [-0.05, 0) is 31.0 Å². The van der Waals surface area contributed by atoms with E-state index in [1.165, 1.54) is 24.0 Å². The molecular formula is C15H17F3N2O2. The third kappa shape index (κ3) is 4.47. The Hall–Kier alpha value is -2.05. The second kappa shape index (κ2) is 6.37. The SMILES string of the molecule is CC(=O)N(CCC(=O)NC1CC1)c1cccc(C(F)(F)F)c1. The molecule has 0 aliphatic heterocycles. The van der Waals surface area contributed by atoms with Gasteiger partial charge in [-0.2, -0.15) is 13.2 Å². The maximum Gasteiger partial charge on any atom is 0.416 e. The molecule has 0 bridgehead atoms. The summed E-state index contributed by atoms with van der Waals surface area (Å²) in [5.74, 6) is -0.598. The molecule has 1 aromatic rings. The molecule has 1 aliphatic rings. The Morgan fingerprint density at radius 1 is 1.32 bits per heavy atom. The Morgan fingerprint density at radius 3 is 2.55 bits per heavy atom. The van der Waals surface area contributed by atoms with Gasteiger partial charge in [0.15, 0.2) is 0 Å². The molecule has 1 saturated carbocycles. The minimum atomic E-state index is -4.47. The molecule has 1 fully saturated rings. The number of nitrogens with zero attached hydrogens (tertiary/aromatic N) is 1. The van der Waals surface area contributed by atoms with Crippen LogP contribution in [0.25, 0.3) is 0 Å². The number of halogens is 3. The summed E-state index contributed by atoms with van der Waals surface area (Å²) in [4.78, 5) is 24.5. The molecule has 0 saturated heterocycles. The van der Waals surface area contributed by atoms with Crippen LogP contribution in [0.5, 0.6) is 0 Å². The summed E-state index contributed by atoms with van der Waals surface area (Å²) in [5, 5.41) is 2.78. The van der Waals surface area contributed by atoms with Gasteiger partial charge in [0.2, 0.25) is 11.8 Å². The average molecular weight is 314 g/mol. The van der Waals surface area contributed by atoms with Gasteiger partial charge in [0.25, 0.3) is 0 Å². The van der Waals surface area contributed by atoms with Crippen LogP contribution in [-0.4, -0.2) is 24.4 Å². The molecule has 0 atom stereocenters. The molecule has 2 amide bonds. The van der Waals surface area contributed by atoms with Crippen molar-refractivity contribution in [3.8, 4) is 0 Å². The first-order valence-electron chi connectivity index (χ1n) is 7.02. The van der Waals surface area contributed by atoms with E-state index in [2.05, 4.69) is 5.32 Å². The summed E-state index contributed by atoms with van der Waals surface area (Å²) in [7, 11) is 0. The lowest BCUT2D eigenvalue weighted by molar-refractivity contribution is -0.137. The molecule has 0 radical (unpaired) electrons. The van der Waals surface area contributed by atoms with Crippen LogP contribution >= 0.6 is 0 Å². The number of alkyl halides is 3. The van der Waals surface area contributed by atoms with E-state index < -0.39 is 17.6 Å².